The van der Waals surface area contributed by atoms with E-state index in [0.717, 1.165) is 15.8 Å². The van der Waals surface area contributed by atoms with Crippen LogP contribution >= 0.6 is 15.9 Å². The first-order valence-electron chi connectivity index (χ1n) is 6.33. The summed E-state index contributed by atoms with van der Waals surface area (Å²) in [5.41, 5.74) is 3.68. The predicted octanol–water partition coefficient (Wildman–Crippen LogP) is 4.08. The number of hydrogen-bond acceptors (Lipinski definition) is 2. The minimum atomic E-state index is -0.119. The second kappa shape index (κ2) is 6.09. The number of halogens is 1. The fourth-order valence-electron chi connectivity index (χ4n) is 2.01. The van der Waals surface area contributed by atoms with E-state index >= 15 is 0 Å². The van der Waals surface area contributed by atoms with Crippen LogP contribution in [0.15, 0.2) is 46.9 Å². The van der Waals surface area contributed by atoms with Gasteiger partial charge in [-0.15, -0.1) is 0 Å². The molecule has 3 nitrogen and oxygen atoms in total. The summed E-state index contributed by atoms with van der Waals surface area (Å²) in [4.78, 5) is 14.3. The summed E-state index contributed by atoms with van der Waals surface area (Å²) in [6, 6.07) is 13.3. The molecule has 0 aromatic heterocycles. The fourth-order valence-corrected chi connectivity index (χ4v) is 2.48. The van der Waals surface area contributed by atoms with Crippen LogP contribution in [-0.4, -0.2) is 20.0 Å². The summed E-state index contributed by atoms with van der Waals surface area (Å²) in [5.74, 6) is -0.119. The van der Waals surface area contributed by atoms with Gasteiger partial charge in [-0.25, -0.2) is 0 Å². The summed E-state index contributed by atoms with van der Waals surface area (Å²) >= 11 is 3.39. The fraction of sp³-hybridized carbons (Fsp3) is 0.188. The number of nitrogens with zero attached hydrogens (tertiary/aromatic N) is 1. The molecule has 0 unspecified atom stereocenters. The number of benzene rings is 2. The van der Waals surface area contributed by atoms with Crippen LogP contribution in [0.25, 0.3) is 0 Å². The lowest BCUT2D eigenvalue weighted by Crippen LogP contribution is -2.14. The standard InChI is InChI=1S/C16H17BrN2O/c1-11-8-9-12(10-15(11)19(2)3)18-16(20)13-6-4-5-7-14(13)17/h4-10H,1-3H3,(H,18,20). The minimum Gasteiger partial charge on any atom is -0.377 e. The molecule has 1 amide bonds. The van der Waals surface area contributed by atoms with E-state index in [0.29, 0.717) is 5.56 Å². The van der Waals surface area contributed by atoms with Crippen molar-refractivity contribution in [1.82, 2.24) is 0 Å². The summed E-state index contributed by atoms with van der Waals surface area (Å²) in [7, 11) is 3.98. The Hall–Kier alpha value is -1.81. The van der Waals surface area contributed by atoms with Crippen molar-refractivity contribution in [3.63, 3.8) is 0 Å². The van der Waals surface area contributed by atoms with Gasteiger partial charge >= 0.3 is 0 Å². The Morgan fingerprint density at radius 3 is 2.50 bits per heavy atom. The summed E-state index contributed by atoms with van der Waals surface area (Å²) in [6.07, 6.45) is 0. The van der Waals surface area contributed by atoms with Gasteiger partial charge in [0.05, 0.1) is 5.56 Å². The molecule has 0 heterocycles. The van der Waals surface area contributed by atoms with Crippen LogP contribution in [0.5, 0.6) is 0 Å². The second-order valence-corrected chi connectivity index (χ2v) is 5.68. The highest BCUT2D eigenvalue weighted by atomic mass is 79.9. The number of hydrogen-bond donors (Lipinski definition) is 1. The van der Waals surface area contributed by atoms with Crippen LogP contribution in [0.2, 0.25) is 0 Å². The molecule has 0 aliphatic rings. The zero-order valence-corrected chi connectivity index (χ0v) is 13.4. The van der Waals surface area contributed by atoms with Gasteiger partial charge in [0.25, 0.3) is 5.91 Å². The summed E-state index contributed by atoms with van der Waals surface area (Å²) < 4.78 is 0.789. The van der Waals surface area contributed by atoms with Crippen molar-refractivity contribution in [3.05, 3.63) is 58.1 Å². The Kier molecular flexibility index (Phi) is 4.45. The Morgan fingerprint density at radius 2 is 1.85 bits per heavy atom. The van der Waals surface area contributed by atoms with Gasteiger partial charge in [0, 0.05) is 29.9 Å². The lowest BCUT2D eigenvalue weighted by Gasteiger charge is -2.17. The topological polar surface area (TPSA) is 32.3 Å². The lowest BCUT2D eigenvalue weighted by atomic mass is 10.1. The number of nitrogens with one attached hydrogen (secondary N) is 1. The third-order valence-corrected chi connectivity index (χ3v) is 3.76. The average Bonchev–Trinajstić information content (AvgIpc) is 2.41. The van der Waals surface area contributed by atoms with Gasteiger partial charge in [-0.1, -0.05) is 18.2 Å². The molecular formula is C16H17BrN2O. The van der Waals surface area contributed by atoms with Crippen molar-refractivity contribution in [2.45, 2.75) is 6.92 Å². The number of carbonyl (C=O) groups excluding carboxylic acids is 1. The molecule has 1 N–H and O–H groups in total. The van der Waals surface area contributed by atoms with Crippen molar-refractivity contribution < 1.29 is 4.79 Å². The monoisotopic (exact) mass is 332 g/mol. The maximum Gasteiger partial charge on any atom is 0.256 e. The smallest absolute Gasteiger partial charge is 0.256 e. The number of rotatable bonds is 3. The van der Waals surface area contributed by atoms with Gasteiger partial charge < -0.3 is 10.2 Å². The summed E-state index contributed by atoms with van der Waals surface area (Å²) in [5, 5.41) is 2.93. The molecule has 2 rings (SSSR count). The molecule has 4 heteroatoms. The first-order chi connectivity index (χ1) is 9.49. The zero-order valence-electron chi connectivity index (χ0n) is 11.8. The van der Waals surface area contributed by atoms with E-state index in [1.165, 1.54) is 5.56 Å². The molecule has 0 spiro atoms. The van der Waals surface area contributed by atoms with Crippen molar-refractivity contribution >= 4 is 33.2 Å². The molecule has 0 atom stereocenters. The van der Waals surface area contributed by atoms with E-state index in [4.69, 9.17) is 0 Å². The summed E-state index contributed by atoms with van der Waals surface area (Å²) in [6.45, 7) is 2.05. The first-order valence-corrected chi connectivity index (χ1v) is 7.12. The SMILES string of the molecule is Cc1ccc(NC(=O)c2ccccc2Br)cc1N(C)C. The minimum absolute atomic E-state index is 0.119. The molecule has 0 fully saturated rings. The van der Waals surface area contributed by atoms with Crippen LogP contribution < -0.4 is 10.2 Å². The molecule has 2 aromatic rings. The highest BCUT2D eigenvalue weighted by Gasteiger charge is 2.10. The Morgan fingerprint density at radius 1 is 1.15 bits per heavy atom. The average molecular weight is 333 g/mol. The van der Waals surface area contributed by atoms with Crippen molar-refractivity contribution in [1.29, 1.82) is 0 Å². The number of aryl methyl sites for hydroxylation is 1. The normalized spacial score (nSPS) is 10.2. The Bertz CT molecular complexity index is 638. The second-order valence-electron chi connectivity index (χ2n) is 4.83. The number of amides is 1. The predicted molar refractivity (Wildman–Crippen MR) is 87.6 cm³/mol. The molecule has 0 saturated carbocycles. The number of carbonyl (C=O) groups is 1. The van der Waals surface area contributed by atoms with E-state index in [-0.39, 0.29) is 5.91 Å². The van der Waals surface area contributed by atoms with E-state index in [1.54, 1.807) is 6.07 Å². The van der Waals surface area contributed by atoms with Gasteiger partial charge in [0.15, 0.2) is 0 Å². The Balaban J connectivity index is 2.25. The van der Waals surface area contributed by atoms with Crippen LogP contribution in [0.3, 0.4) is 0 Å². The van der Waals surface area contributed by atoms with Gasteiger partial charge in [0.2, 0.25) is 0 Å². The maximum atomic E-state index is 12.2. The van der Waals surface area contributed by atoms with Crippen LogP contribution in [0.4, 0.5) is 11.4 Å². The lowest BCUT2D eigenvalue weighted by molar-refractivity contribution is 0.102. The molecule has 2 aromatic carbocycles. The molecule has 0 aliphatic carbocycles. The quantitative estimate of drug-likeness (QED) is 0.918. The van der Waals surface area contributed by atoms with Crippen LogP contribution in [-0.2, 0) is 0 Å². The zero-order chi connectivity index (χ0) is 14.7. The highest BCUT2D eigenvalue weighted by molar-refractivity contribution is 9.10. The van der Waals surface area contributed by atoms with Crippen molar-refractivity contribution in [3.8, 4) is 0 Å². The van der Waals surface area contributed by atoms with Crippen molar-refractivity contribution in [2.75, 3.05) is 24.3 Å². The Labute approximate surface area is 127 Å². The number of anilines is 2. The van der Waals surface area contributed by atoms with Crippen LogP contribution in [0, 0.1) is 6.92 Å². The van der Waals surface area contributed by atoms with Gasteiger partial charge in [0.1, 0.15) is 0 Å². The first kappa shape index (κ1) is 14.6. The van der Waals surface area contributed by atoms with E-state index in [1.807, 2.05) is 55.4 Å². The molecule has 0 radical (unpaired) electrons. The molecule has 20 heavy (non-hydrogen) atoms. The van der Waals surface area contributed by atoms with E-state index in [2.05, 4.69) is 28.2 Å². The third-order valence-electron chi connectivity index (χ3n) is 3.07. The molecule has 0 saturated heterocycles. The maximum absolute atomic E-state index is 12.2. The molecular weight excluding hydrogens is 316 g/mol. The van der Waals surface area contributed by atoms with Gasteiger partial charge in [-0.2, -0.15) is 0 Å². The van der Waals surface area contributed by atoms with Crippen LogP contribution in [0.1, 0.15) is 15.9 Å². The van der Waals surface area contributed by atoms with E-state index < -0.39 is 0 Å². The molecule has 104 valence electrons. The van der Waals surface area contributed by atoms with Gasteiger partial charge in [-0.3, -0.25) is 4.79 Å². The van der Waals surface area contributed by atoms with Gasteiger partial charge in [-0.05, 0) is 52.7 Å². The molecule has 0 bridgehead atoms. The molecule has 0 aliphatic heterocycles. The third kappa shape index (κ3) is 3.20. The van der Waals surface area contributed by atoms with E-state index in [9.17, 15) is 4.79 Å². The largest absolute Gasteiger partial charge is 0.377 e. The highest BCUT2D eigenvalue weighted by Crippen LogP contribution is 2.24. The van der Waals surface area contributed by atoms with Crippen molar-refractivity contribution in [2.24, 2.45) is 0 Å².